The fraction of sp³-hybridized carbons (Fsp3) is 0.625. The number of hydrogen-bond donors (Lipinski definition) is 1. The molecule has 1 aromatic rings. The van der Waals surface area contributed by atoms with Crippen molar-refractivity contribution in [2.75, 3.05) is 25.0 Å². The average molecular weight is 310 g/mol. The molecule has 2 heterocycles. The standard InChI is InChI=1S/C16H24ClN3O/c1-5-18-14-8-12(13(17)9-19-14)15(21)20-7-6-11(10-20)16(2,3)4/h8-9,11H,5-7,10H2,1-4H3,(H,18,19). The van der Waals surface area contributed by atoms with E-state index in [1.54, 1.807) is 12.3 Å². The van der Waals surface area contributed by atoms with E-state index >= 15 is 0 Å². The van der Waals surface area contributed by atoms with Crippen LogP contribution >= 0.6 is 11.6 Å². The highest BCUT2D eigenvalue weighted by Gasteiger charge is 2.34. The zero-order valence-corrected chi connectivity index (χ0v) is 14.0. The molecule has 0 saturated carbocycles. The molecule has 0 aliphatic carbocycles. The second-order valence-electron chi connectivity index (χ2n) is 6.68. The van der Waals surface area contributed by atoms with Gasteiger partial charge in [-0.1, -0.05) is 32.4 Å². The fourth-order valence-corrected chi connectivity index (χ4v) is 2.89. The Labute approximate surface area is 131 Å². The zero-order chi connectivity index (χ0) is 15.6. The summed E-state index contributed by atoms with van der Waals surface area (Å²) < 4.78 is 0. The first-order chi connectivity index (χ1) is 9.82. The molecule has 1 aromatic heterocycles. The van der Waals surface area contributed by atoms with Crippen molar-refractivity contribution >= 4 is 23.3 Å². The number of nitrogens with one attached hydrogen (secondary N) is 1. The first-order valence-electron chi connectivity index (χ1n) is 7.51. The van der Waals surface area contributed by atoms with E-state index in [2.05, 4.69) is 31.1 Å². The maximum absolute atomic E-state index is 12.7. The summed E-state index contributed by atoms with van der Waals surface area (Å²) in [7, 11) is 0. The van der Waals surface area contributed by atoms with E-state index in [0.29, 0.717) is 22.3 Å². The van der Waals surface area contributed by atoms with Gasteiger partial charge in [-0.3, -0.25) is 4.79 Å². The molecular weight excluding hydrogens is 286 g/mol. The van der Waals surface area contributed by atoms with Crippen LogP contribution in [-0.4, -0.2) is 35.4 Å². The van der Waals surface area contributed by atoms with Crippen LogP contribution in [0.1, 0.15) is 44.5 Å². The summed E-state index contributed by atoms with van der Waals surface area (Å²) in [5.41, 5.74) is 0.767. The number of amides is 1. The van der Waals surface area contributed by atoms with Crippen LogP contribution in [0.3, 0.4) is 0 Å². The summed E-state index contributed by atoms with van der Waals surface area (Å²) in [4.78, 5) is 18.8. The highest BCUT2D eigenvalue weighted by atomic mass is 35.5. The zero-order valence-electron chi connectivity index (χ0n) is 13.2. The number of carbonyl (C=O) groups is 1. The first-order valence-corrected chi connectivity index (χ1v) is 7.89. The number of aromatic nitrogens is 1. The van der Waals surface area contributed by atoms with Gasteiger partial charge in [0.05, 0.1) is 10.6 Å². The van der Waals surface area contributed by atoms with Gasteiger partial charge in [-0.25, -0.2) is 4.98 Å². The van der Waals surface area contributed by atoms with Crippen molar-refractivity contribution in [3.8, 4) is 0 Å². The Bertz CT molecular complexity index is 525. The van der Waals surface area contributed by atoms with Crippen LogP contribution in [0.25, 0.3) is 0 Å². The predicted octanol–water partition coefficient (Wildman–Crippen LogP) is 3.68. The Morgan fingerprint density at radius 2 is 2.24 bits per heavy atom. The molecule has 2 rings (SSSR count). The Balaban J connectivity index is 2.16. The highest BCUT2D eigenvalue weighted by molar-refractivity contribution is 6.33. The third-order valence-corrected chi connectivity index (χ3v) is 4.45. The largest absolute Gasteiger partial charge is 0.370 e. The van der Waals surface area contributed by atoms with E-state index in [1.165, 1.54) is 0 Å². The van der Waals surface area contributed by atoms with Crippen LogP contribution in [0.2, 0.25) is 5.02 Å². The van der Waals surface area contributed by atoms with Crippen molar-refractivity contribution in [1.82, 2.24) is 9.88 Å². The number of rotatable bonds is 3. The van der Waals surface area contributed by atoms with Crippen LogP contribution in [0.4, 0.5) is 5.82 Å². The monoisotopic (exact) mass is 309 g/mol. The van der Waals surface area contributed by atoms with E-state index < -0.39 is 0 Å². The van der Waals surface area contributed by atoms with Gasteiger partial charge < -0.3 is 10.2 Å². The lowest BCUT2D eigenvalue weighted by molar-refractivity contribution is 0.0776. The molecule has 116 valence electrons. The van der Waals surface area contributed by atoms with E-state index in [-0.39, 0.29) is 11.3 Å². The molecule has 1 N–H and O–H groups in total. The molecule has 1 atom stereocenters. The van der Waals surface area contributed by atoms with Crippen LogP contribution < -0.4 is 5.32 Å². The van der Waals surface area contributed by atoms with E-state index in [4.69, 9.17) is 11.6 Å². The molecule has 4 nitrogen and oxygen atoms in total. The van der Waals surface area contributed by atoms with Crippen molar-refractivity contribution in [2.45, 2.75) is 34.1 Å². The number of nitrogens with zero attached hydrogens (tertiary/aromatic N) is 2. The van der Waals surface area contributed by atoms with Gasteiger partial charge in [-0.15, -0.1) is 0 Å². The van der Waals surface area contributed by atoms with Crippen LogP contribution in [-0.2, 0) is 0 Å². The summed E-state index contributed by atoms with van der Waals surface area (Å²) in [5.74, 6) is 1.24. The van der Waals surface area contributed by atoms with Crippen molar-refractivity contribution in [1.29, 1.82) is 0 Å². The van der Waals surface area contributed by atoms with Gasteiger partial charge in [0.1, 0.15) is 5.82 Å². The topological polar surface area (TPSA) is 45.2 Å². The van der Waals surface area contributed by atoms with Gasteiger partial charge in [0.25, 0.3) is 5.91 Å². The average Bonchev–Trinajstić information content (AvgIpc) is 2.90. The lowest BCUT2D eigenvalue weighted by atomic mass is 9.80. The second kappa shape index (κ2) is 6.22. The van der Waals surface area contributed by atoms with Gasteiger partial charge in [0.15, 0.2) is 0 Å². The third-order valence-electron chi connectivity index (χ3n) is 4.14. The molecule has 0 aromatic carbocycles. The Hall–Kier alpha value is -1.29. The Morgan fingerprint density at radius 3 is 2.81 bits per heavy atom. The molecule has 1 aliphatic rings. The van der Waals surface area contributed by atoms with Crippen molar-refractivity contribution in [2.24, 2.45) is 11.3 Å². The molecule has 1 saturated heterocycles. The molecule has 21 heavy (non-hydrogen) atoms. The molecule has 0 bridgehead atoms. The molecule has 1 fully saturated rings. The number of carbonyl (C=O) groups excluding carboxylic acids is 1. The fourth-order valence-electron chi connectivity index (χ4n) is 2.70. The van der Waals surface area contributed by atoms with E-state index in [1.807, 2.05) is 11.8 Å². The number of likely N-dealkylation sites (tertiary alicyclic amines) is 1. The smallest absolute Gasteiger partial charge is 0.255 e. The van der Waals surface area contributed by atoms with Crippen LogP contribution in [0, 0.1) is 11.3 Å². The highest BCUT2D eigenvalue weighted by Crippen LogP contribution is 2.34. The van der Waals surface area contributed by atoms with E-state index in [0.717, 1.165) is 26.1 Å². The van der Waals surface area contributed by atoms with Gasteiger partial charge in [0, 0.05) is 25.8 Å². The number of halogens is 1. The summed E-state index contributed by atoms with van der Waals surface area (Å²) >= 11 is 6.16. The van der Waals surface area contributed by atoms with Gasteiger partial charge in [-0.05, 0) is 30.7 Å². The third kappa shape index (κ3) is 3.67. The maximum Gasteiger partial charge on any atom is 0.255 e. The molecule has 1 unspecified atom stereocenters. The van der Waals surface area contributed by atoms with Crippen LogP contribution in [0.5, 0.6) is 0 Å². The molecule has 1 amide bonds. The SMILES string of the molecule is CCNc1cc(C(=O)N2CCC(C(C)(C)C)C2)c(Cl)cn1. The number of hydrogen-bond acceptors (Lipinski definition) is 3. The quantitative estimate of drug-likeness (QED) is 0.926. The van der Waals surface area contributed by atoms with Crippen LogP contribution in [0.15, 0.2) is 12.3 Å². The molecular formula is C16H24ClN3O. The molecule has 0 spiro atoms. The normalized spacial score (nSPS) is 18.9. The maximum atomic E-state index is 12.7. The Kier molecular flexibility index (Phi) is 4.77. The summed E-state index contributed by atoms with van der Waals surface area (Å²) in [6, 6.07) is 1.75. The predicted molar refractivity (Wildman–Crippen MR) is 86.9 cm³/mol. The minimum Gasteiger partial charge on any atom is -0.370 e. The number of anilines is 1. The lowest BCUT2D eigenvalue weighted by Crippen LogP contribution is -2.31. The van der Waals surface area contributed by atoms with Gasteiger partial charge >= 0.3 is 0 Å². The second-order valence-corrected chi connectivity index (χ2v) is 7.09. The number of pyridine rings is 1. The van der Waals surface area contributed by atoms with Crippen molar-refractivity contribution in [3.63, 3.8) is 0 Å². The molecule has 1 aliphatic heterocycles. The molecule has 0 radical (unpaired) electrons. The summed E-state index contributed by atoms with van der Waals surface area (Å²) in [6.45, 7) is 11.1. The van der Waals surface area contributed by atoms with Gasteiger partial charge in [0.2, 0.25) is 0 Å². The Morgan fingerprint density at radius 1 is 1.52 bits per heavy atom. The van der Waals surface area contributed by atoms with Crippen molar-refractivity contribution < 1.29 is 4.79 Å². The first kappa shape index (κ1) is 16.1. The molecule has 5 heteroatoms. The van der Waals surface area contributed by atoms with Gasteiger partial charge in [-0.2, -0.15) is 0 Å². The minimum atomic E-state index is 0.00769. The van der Waals surface area contributed by atoms with E-state index in [9.17, 15) is 4.79 Å². The minimum absolute atomic E-state index is 0.00769. The summed E-state index contributed by atoms with van der Waals surface area (Å²) in [5, 5.41) is 3.53. The summed E-state index contributed by atoms with van der Waals surface area (Å²) in [6.07, 6.45) is 2.60. The lowest BCUT2D eigenvalue weighted by Gasteiger charge is -2.27. The van der Waals surface area contributed by atoms with Crippen molar-refractivity contribution in [3.05, 3.63) is 22.8 Å².